The van der Waals surface area contributed by atoms with Crippen molar-refractivity contribution in [3.8, 4) is 11.6 Å². The highest BCUT2D eigenvalue weighted by atomic mass is 16.6. The molecule has 0 aliphatic rings. The normalized spacial score (nSPS) is 12.6. The van der Waals surface area contributed by atoms with Crippen molar-refractivity contribution < 1.29 is 13.9 Å². The Hall–Kier alpha value is -3.22. The number of benzene rings is 1. The first-order valence-corrected chi connectivity index (χ1v) is 9.41. The third-order valence-corrected chi connectivity index (χ3v) is 4.36. The summed E-state index contributed by atoms with van der Waals surface area (Å²) in [7, 11) is 0. The molecule has 7 nitrogen and oxygen atoms in total. The van der Waals surface area contributed by atoms with Crippen molar-refractivity contribution in [3.63, 3.8) is 0 Å². The van der Waals surface area contributed by atoms with Gasteiger partial charge in [0.2, 0.25) is 0 Å². The molecular weight excluding hydrogens is 370 g/mol. The van der Waals surface area contributed by atoms with Crippen molar-refractivity contribution in [3.05, 3.63) is 57.5 Å². The summed E-state index contributed by atoms with van der Waals surface area (Å²) in [6, 6.07) is 4.92. The lowest BCUT2D eigenvalue weighted by Crippen LogP contribution is -2.34. The van der Waals surface area contributed by atoms with Gasteiger partial charge < -0.3 is 14.5 Å². The molecule has 2 aromatic heterocycles. The SMILES string of the molecule is Cc1cc([C@@H](C)NC(=O)OC(C)(C)C)c2oc(-c3ncccn3)c(C)c(=O)c2c1. The van der Waals surface area contributed by atoms with E-state index in [1.165, 1.54) is 0 Å². The number of fused-ring (bicyclic) bond motifs is 1. The highest BCUT2D eigenvalue weighted by Crippen LogP contribution is 2.29. The number of hydrogen-bond acceptors (Lipinski definition) is 6. The summed E-state index contributed by atoms with van der Waals surface area (Å²) in [4.78, 5) is 33.7. The lowest BCUT2D eigenvalue weighted by molar-refractivity contribution is 0.0508. The Labute approximate surface area is 169 Å². The molecule has 0 saturated carbocycles. The minimum Gasteiger partial charge on any atom is -0.452 e. The first kappa shape index (κ1) is 20.5. The Morgan fingerprint density at radius 3 is 2.45 bits per heavy atom. The Morgan fingerprint density at radius 1 is 1.17 bits per heavy atom. The zero-order valence-corrected chi connectivity index (χ0v) is 17.5. The third-order valence-electron chi connectivity index (χ3n) is 4.36. The van der Waals surface area contributed by atoms with Gasteiger partial charge in [-0.3, -0.25) is 4.79 Å². The lowest BCUT2D eigenvalue weighted by atomic mass is 10.00. The summed E-state index contributed by atoms with van der Waals surface area (Å²) in [5, 5.41) is 3.26. The van der Waals surface area contributed by atoms with E-state index in [9.17, 15) is 9.59 Å². The van der Waals surface area contributed by atoms with E-state index in [4.69, 9.17) is 9.15 Å². The molecule has 1 atom stereocenters. The van der Waals surface area contributed by atoms with Gasteiger partial charge in [-0.05, 0) is 59.2 Å². The molecule has 0 saturated heterocycles. The molecule has 0 spiro atoms. The Bertz CT molecular complexity index is 1110. The number of rotatable bonds is 3. The number of carbonyl (C=O) groups excluding carboxylic acids is 1. The summed E-state index contributed by atoms with van der Waals surface area (Å²) >= 11 is 0. The van der Waals surface area contributed by atoms with Crippen molar-refractivity contribution in [1.82, 2.24) is 15.3 Å². The van der Waals surface area contributed by atoms with Gasteiger partial charge in [-0.25, -0.2) is 14.8 Å². The van der Waals surface area contributed by atoms with E-state index in [1.54, 1.807) is 52.2 Å². The summed E-state index contributed by atoms with van der Waals surface area (Å²) in [6.07, 6.45) is 2.64. The molecule has 0 fully saturated rings. The number of aromatic nitrogens is 2. The van der Waals surface area contributed by atoms with E-state index in [0.29, 0.717) is 33.7 Å². The van der Waals surface area contributed by atoms with Crippen molar-refractivity contribution >= 4 is 17.1 Å². The maximum absolute atomic E-state index is 13.0. The van der Waals surface area contributed by atoms with Gasteiger partial charge in [0.1, 0.15) is 11.2 Å². The molecule has 1 N–H and O–H groups in total. The summed E-state index contributed by atoms with van der Waals surface area (Å²) < 4.78 is 11.5. The predicted octanol–water partition coefficient (Wildman–Crippen LogP) is 4.45. The van der Waals surface area contributed by atoms with Crippen LogP contribution >= 0.6 is 0 Å². The van der Waals surface area contributed by atoms with Gasteiger partial charge in [0.15, 0.2) is 17.0 Å². The molecule has 2 heterocycles. The van der Waals surface area contributed by atoms with Crippen LogP contribution in [0.15, 0.2) is 39.8 Å². The van der Waals surface area contributed by atoms with Crippen LogP contribution in [-0.4, -0.2) is 21.7 Å². The topological polar surface area (TPSA) is 94.3 Å². The van der Waals surface area contributed by atoms with E-state index in [-0.39, 0.29) is 5.43 Å². The highest BCUT2D eigenvalue weighted by molar-refractivity contribution is 5.84. The molecule has 0 radical (unpaired) electrons. The molecule has 0 unspecified atom stereocenters. The zero-order valence-electron chi connectivity index (χ0n) is 17.5. The van der Waals surface area contributed by atoms with Crippen LogP contribution in [0.3, 0.4) is 0 Å². The highest BCUT2D eigenvalue weighted by Gasteiger charge is 2.22. The van der Waals surface area contributed by atoms with E-state index >= 15 is 0 Å². The van der Waals surface area contributed by atoms with Crippen LogP contribution in [0.25, 0.3) is 22.6 Å². The molecule has 0 bridgehead atoms. The van der Waals surface area contributed by atoms with Gasteiger partial charge in [-0.2, -0.15) is 0 Å². The number of alkyl carbamates (subject to hydrolysis) is 1. The van der Waals surface area contributed by atoms with Crippen LogP contribution < -0.4 is 10.7 Å². The molecule has 1 amide bonds. The number of carbonyl (C=O) groups is 1. The number of amides is 1. The fraction of sp³-hybridized carbons (Fsp3) is 0.364. The van der Waals surface area contributed by atoms with E-state index < -0.39 is 17.7 Å². The minimum atomic E-state index is -0.611. The standard InChI is InChI=1S/C22H25N3O4/c1-12-10-15(14(3)25-21(27)29-22(4,5)6)19-16(11-12)17(26)13(2)18(28-19)20-23-8-7-9-24-20/h7-11,14H,1-6H3,(H,25,27)/t14-/m1/s1. The largest absolute Gasteiger partial charge is 0.452 e. The molecule has 0 aliphatic carbocycles. The van der Waals surface area contributed by atoms with Crippen molar-refractivity contribution in [2.45, 2.75) is 53.2 Å². The minimum absolute atomic E-state index is 0.150. The second-order valence-corrected chi connectivity index (χ2v) is 8.06. The number of nitrogens with one attached hydrogen (secondary N) is 1. The van der Waals surface area contributed by atoms with Crippen LogP contribution in [0.2, 0.25) is 0 Å². The van der Waals surface area contributed by atoms with Gasteiger partial charge >= 0.3 is 6.09 Å². The van der Waals surface area contributed by atoms with Crippen LogP contribution in [0, 0.1) is 13.8 Å². The number of nitrogens with zero attached hydrogens (tertiary/aromatic N) is 2. The van der Waals surface area contributed by atoms with Crippen molar-refractivity contribution in [2.24, 2.45) is 0 Å². The van der Waals surface area contributed by atoms with Gasteiger partial charge in [-0.15, -0.1) is 0 Å². The molecule has 7 heteroatoms. The van der Waals surface area contributed by atoms with Gasteiger partial charge in [-0.1, -0.05) is 6.07 Å². The van der Waals surface area contributed by atoms with E-state index in [0.717, 1.165) is 5.56 Å². The van der Waals surface area contributed by atoms with Gasteiger partial charge in [0.25, 0.3) is 0 Å². The van der Waals surface area contributed by atoms with E-state index in [2.05, 4.69) is 15.3 Å². The first-order chi connectivity index (χ1) is 13.6. The third kappa shape index (κ3) is 4.45. The predicted molar refractivity (Wildman–Crippen MR) is 111 cm³/mol. The maximum Gasteiger partial charge on any atom is 0.408 e. The Balaban J connectivity index is 2.13. The number of aryl methyl sites for hydroxylation is 1. The van der Waals surface area contributed by atoms with Crippen molar-refractivity contribution in [1.29, 1.82) is 0 Å². The quantitative estimate of drug-likeness (QED) is 0.704. The number of ether oxygens (including phenoxy) is 1. The number of hydrogen-bond donors (Lipinski definition) is 1. The summed E-state index contributed by atoms with van der Waals surface area (Å²) in [5.74, 6) is 0.654. The van der Waals surface area contributed by atoms with Crippen molar-refractivity contribution in [2.75, 3.05) is 0 Å². The molecule has 3 rings (SSSR count). The molecule has 1 aromatic carbocycles. The van der Waals surface area contributed by atoms with Gasteiger partial charge in [0.05, 0.1) is 11.4 Å². The summed E-state index contributed by atoms with van der Waals surface area (Å²) in [6.45, 7) is 10.8. The Kier molecular flexibility index (Phi) is 5.42. The van der Waals surface area contributed by atoms with Crippen LogP contribution in [0.5, 0.6) is 0 Å². The van der Waals surface area contributed by atoms with Crippen LogP contribution in [-0.2, 0) is 4.74 Å². The maximum atomic E-state index is 13.0. The first-order valence-electron chi connectivity index (χ1n) is 9.41. The Morgan fingerprint density at radius 2 is 1.83 bits per heavy atom. The molecule has 152 valence electrons. The monoisotopic (exact) mass is 395 g/mol. The second-order valence-electron chi connectivity index (χ2n) is 8.06. The van der Waals surface area contributed by atoms with Crippen LogP contribution in [0.4, 0.5) is 4.79 Å². The average molecular weight is 395 g/mol. The molecule has 3 aromatic rings. The summed E-state index contributed by atoms with van der Waals surface area (Å²) in [5.41, 5.74) is 1.65. The second kappa shape index (κ2) is 7.66. The zero-order chi connectivity index (χ0) is 21.3. The smallest absolute Gasteiger partial charge is 0.408 e. The van der Waals surface area contributed by atoms with E-state index in [1.807, 2.05) is 19.9 Å². The lowest BCUT2D eigenvalue weighted by Gasteiger charge is -2.22. The average Bonchev–Trinajstić information content (AvgIpc) is 2.63. The molecule has 0 aliphatic heterocycles. The van der Waals surface area contributed by atoms with Gasteiger partial charge in [0, 0.05) is 23.5 Å². The molecular formula is C22H25N3O4. The fourth-order valence-corrected chi connectivity index (χ4v) is 3.08. The molecule has 29 heavy (non-hydrogen) atoms. The van der Waals surface area contributed by atoms with Crippen LogP contribution in [0.1, 0.15) is 50.4 Å². The fourth-order valence-electron chi connectivity index (χ4n) is 3.08.